The average molecular weight is 360 g/mol. The lowest BCUT2D eigenvalue weighted by molar-refractivity contribution is -0.142. The van der Waals surface area contributed by atoms with Crippen LogP contribution in [-0.4, -0.2) is 46.9 Å². The fourth-order valence-electron chi connectivity index (χ4n) is 3.49. The van der Waals surface area contributed by atoms with Gasteiger partial charge < -0.3 is 15.3 Å². The number of amides is 2. The molecule has 0 saturated heterocycles. The van der Waals surface area contributed by atoms with Gasteiger partial charge in [0.15, 0.2) is 0 Å². The molecule has 2 atom stereocenters. The molecule has 0 aliphatic heterocycles. The normalized spacial score (nSPS) is 20.1. The van der Waals surface area contributed by atoms with Gasteiger partial charge >= 0.3 is 5.97 Å². The van der Waals surface area contributed by atoms with Gasteiger partial charge in [0, 0.05) is 30.3 Å². The molecule has 6 nitrogen and oxygen atoms in total. The summed E-state index contributed by atoms with van der Waals surface area (Å²) in [6, 6.07) is 6.20. The number of nitrogens with zero attached hydrogens (tertiary/aromatic N) is 1. The number of hydrogen-bond donors (Lipinski definition) is 2. The SMILES string of the molecule is CCN(CC)C(=O)c1ccc(C(=O)N[C@H]2CCCCC[C@H]2C(=O)O)cc1. The molecule has 0 radical (unpaired) electrons. The maximum Gasteiger partial charge on any atom is 0.308 e. The predicted molar refractivity (Wildman–Crippen MR) is 99.2 cm³/mol. The van der Waals surface area contributed by atoms with E-state index in [1.54, 1.807) is 29.2 Å². The molecule has 6 heteroatoms. The first-order valence-corrected chi connectivity index (χ1v) is 9.40. The van der Waals surface area contributed by atoms with Crippen molar-refractivity contribution in [2.75, 3.05) is 13.1 Å². The minimum Gasteiger partial charge on any atom is -0.481 e. The zero-order chi connectivity index (χ0) is 19.1. The molecular formula is C20H28N2O4. The summed E-state index contributed by atoms with van der Waals surface area (Å²) in [7, 11) is 0. The van der Waals surface area contributed by atoms with Crippen LogP contribution >= 0.6 is 0 Å². The molecule has 2 N–H and O–H groups in total. The van der Waals surface area contributed by atoms with Crippen LogP contribution in [0.25, 0.3) is 0 Å². The molecule has 0 spiro atoms. The molecule has 26 heavy (non-hydrogen) atoms. The van der Waals surface area contributed by atoms with Gasteiger partial charge in [-0.1, -0.05) is 19.3 Å². The van der Waals surface area contributed by atoms with Crippen molar-refractivity contribution in [1.29, 1.82) is 0 Å². The Labute approximate surface area is 154 Å². The predicted octanol–water partition coefficient (Wildman–Crippen LogP) is 2.93. The highest BCUT2D eigenvalue weighted by Gasteiger charge is 2.30. The summed E-state index contributed by atoms with van der Waals surface area (Å²) in [5, 5.41) is 12.3. The summed E-state index contributed by atoms with van der Waals surface area (Å²) < 4.78 is 0. The van der Waals surface area contributed by atoms with Crippen LogP contribution in [0.4, 0.5) is 0 Å². The van der Waals surface area contributed by atoms with Crippen LogP contribution in [0, 0.1) is 5.92 Å². The van der Waals surface area contributed by atoms with Crippen molar-refractivity contribution in [3.63, 3.8) is 0 Å². The lowest BCUT2D eigenvalue weighted by Gasteiger charge is -2.23. The topological polar surface area (TPSA) is 86.7 Å². The Bertz CT molecular complexity index is 638. The molecule has 1 aromatic rings. The number of benzene rings is 1. The number of carbonyl (C=O) groups excluding carboxylic acids is 2. The molecule has 2 amide bonds. The van der Waals surface area contributed by atoms with Gasteiger partial charge in [0.25, 0.3) is 11.8 Å². The van der Waals surface area contributed by atoms with Crippen molar-refractivity contribution < 1.29 is 19.5 Å². The van der Waals surface area contributed by atoms with Gasteiger partial charge in [-0.3, -0.25) is 14.4 Å². The fourth-order valence-corrected chi connectivity index (χ4v) is 3.49. The highest BCUT2D eigenvalue weighted by molar-refractivity contribution is 5.98. The van der Waals surface area contributed by atoms with Gasteiger partial charge in [-0.2, -0.15) is 0 Å². The number of nitrogens with one attached hydrogen (secondary N) is 1. The number of hydrogen-bond acceptors (Lipinski definition) is 3. The minimum atomic E-state index is -0.850. The second-order valence-electron chi connectivity index (χ2n) is 6.72. The molecule has 1 aliphatic rings. The van der Waals surface area contributed by atoms with Crippen molar-refractivity contribution in [3.05, 3.63) is 35.4 Å². The van der Waals surface area contributed by atoms with Crippen LogP contribution in [-0.2, 0) is 4.79 Å². The quantitative estimate of drug-likeness (QED) is 0.764. The first-order valence-electron chi connectivity index (χ1n) is 9.40. The zero-order valence-electron chi connectivity index (χ0n) is 15.5. The Hall–Kier alpha value is -2.37. The van der Waals surface area contributed by atoms with E-state index in [0.29, 0.717) is 37.1 Å². The molecule has 0 unspecified atom stereocenters. The van der Waals surface area contributed by atoms with Crippen molar-refractivity contribution in [3.8, 4) is 0 Å². The molecule has 1 aromatic carbocycles. The number of carbonyl (C=O) groups is 3. The third-order valence-corrected chi connectivity index (χ3v) is 5.09. The van der Waals surface area contributed by atoms with Crippen LogP contribution in [0.5, 0.6) is 0 Å². The van der Waals surface area contributed by atoms with Gasteiger partial charge in [0.1, 0.15) is 0 Å². The number of carboxylic acid groups (broad SMARTS) is 1. The second-order valence-corrected chi connectivity index (χ2v) is 6.72. The van der Waals surface area contributed by atoms with Gasteiger partial charge in [0.05, 0.1) is 5.92 Å². The molecule has 0 bridgehead atoms. The monoisotopic (exact) mass is 360 g/mol. The highest BCUT2D eigenvalue weighted by atomic mass is 16.4. The zero-order valence-corrected chi connectivity index (χ0v) is 15.5. The minimum absolute atomic E-state index is 0.0586. The van der Waals surface area contributed by atoms with Crippen molar-refractivity contribution in [2.24, 2.45) is 5.92 Å². The van der Waals surface area contributed by atoms with Gasteiger partial charge in [-0.05, 0) is 51.0 Å². The van der Waals surface area contributed by atoms with E-state index < -0.39 is 11.9 Å². The van der Waals surface area contributed by atoms with Crippen LogP contribution in [0.15, 0.2) is 24.3 Å². The largest absolute Gasteiger partial charge is 0.481 e. The van der Waals surface area contributed by atoms with Crippen LogP contribution < -0.4 is 5.32 Å². The molecule has 2 rings (SSSR count). The lowest BCUT2D eigenvalue weighted by atomic mass is 9.94. The first kappa shape index (κ1) is 19.9. The number of rotatable bonds is 6. The Kier molecular flexibility index (Phi) is 7.18. The summed E-state index contributed by atoms with van der Waals surface area (Å²) in [6.45, 7) is 5.12. The highest BCUT2D eigenvalue weighted by Crippen LogP contribution is 2.24. The summed E-state index contributed by atoms with van der Waals surface area (Å²) >= 11 is 0. The molecular weight excluding hydrogens is 332 g/mol. The van der Waals surface area contributed by atoms with Crippen molar-refractivity contribution in [1.82, 2.24) is 10.2 Å². The molecule has 142 valence electrons. The van der Waals surface area contributed by atoms with E-state index >= 15 is 0 Å². The van der Waals surface area contributed by atoms with E-state index in [1.807, 2.05) is 13.8 Å². The lowest BCUT2D eigenvalue weighted by Crippen LogP contribution is -2.42. The van der Waals surface area contributed by atoms with E-state index in [2.05, 4.69) is 5.32 Å². The third kappa shape index (κ3) is 4.84. The summed E-state index contributed by atoms with van der Waals surface area (Å²) in [6.07, 6.45) is 4.08. The Balaban J connectivity index is 2.07. The Morgan fingerprint density at radius 1 is 1.00 bits per heavy atom. The van der Waals surface area contributed by atoms with Crippen LogP contribution in [0.3, 0.4) is 0 Å². The number of aliphatic carboxylic acids is 1. The van der Waals surface area contributed by atoms with E-state index in [0.717, 1.165) is 19.3 Å². The van der Waals surface area contributed by atoms with Gasteiger partial charge in [-0.15, -0.1) is 0 Å². The van der Waals surface area contributed by atoms with E-state index in [9.17, 15) is 19.5 Å². The van der Waals surface area contributed by atoms with Gasteiger partial charge in [-0.25, -0.2) is 0 Å². The second kappa shape index (κ2) is 9.36. The average Bonchev–Trinajstić information content (AvgIpc) is 2.88. The molecule has 0 aromatic heterocycles. The Morgan fingerprint density at radius 2 is 1.58 bits per heavy atom. The number of carboxylic acids is 1. The molecule has 1 aliphatic carbocycles. The fraction of sp³-hybridized carbons (Fsp3) is 0.550. The third-order valence-electron chi connectivity index (χ3n) is 5.09. The summed E-state index contributed by atoms with van der Waals surface area (Å²) in [5.41, 5.74) is 0.984. The summed E-state index contributed by atoms with van der Waals surface area (Å²) in [5.74, 6) is -1.73. The van der Waals surface area contributed by atoms with Gasteiger partial charge in [0.2, 0.25) is 0 Å². The molecule has 0 heterocycles. The van der Waals surface area contributed by atoms with E-state index in [4.69, 9.17) is 0 Å². The standard InChI is InChI=1S/C20H28N2O4/c1-3-22(4-2)19(24)15-12-10-14(11-13-15)18(23)21-17-9-7-5-6-8-16(17)20(25)26/h10-13,16-17H,3-9H2,1-2H3,(H,21,23)(H,25,26)/t16-,17+/m1/s1. The smallest absolute Gasteiger partial charge is 0.308 e. The van der Waals surface area contributed by atoms with E-state index in [1.165, 1.54) is 0 Å². The van der Waals surface area contributed by atoms with Crippen LogP contribution in [0.2, 0.25) is 0 Å². The van der Waals surface area contributed by atoms with Crippen LogP contribution in [0.1, 0.15) is 66.7 Å². The Morgan fingerprint density at radius 3 is 2.15 bits per heavy atom. The van der Waals surface area contributed by atoms with Crippen molar-refractivity contribution in [2.45, 2.75) is 52.0 Å². The summed E-state index contributed by atoms with van der Waals surface area (Å²) in [4.78, 5) is 38.0. The maximum atomic E-state index is 12.5. The molecule has 1 saturated carbocycles. The molecule has 1 fully saturated rings. The first-order chi connectivity index (χ1) is 12.5. The maximum absolute atomic E-state index is 12.5. The van der Waals surface area contributed by atoms with E-state index in [-0.39, 0.29) is 17.9 Å². The van der Waals surface area contributed by atoms with Crippen molar-refractivity contribution >= 4 is 17.8 Å².